The van der Waals surface area contributed by atoms with Crippen LogP contribution in [0.4, 0.5) is 0 Å². The fourth-order valence-corrected chi connectivity index (χ4v) is 1.80. The van der Waals surface area contributed by atoms with Gasteiger partial charge in [-0.15, -0.1) is 0 Å². The highest BCUT2D eigenvalue weighted by Crippen LogP contribution is 2.25. The summed E-state index contributed by atoms with van der Waals surface area (Å²) in [5, 5.41) is 0.442. The van der Waals surface area contributed by atoms with Crippen LogP contribution in [0.1, 0.15) is 11.6 Å². The molecule has 3 nitrogen and oxygen atoms in total. The number of rotatable bonds is 2. The number of carbonyl (C=O) groups is 1. The average Bonchev–Trinajstić information content (AvgIpc) is 2.15. The van der Waals surface area contributed by atoms with Crippen LogP contribution in [0.15, 0.2) is 22.7 Å². The molecular weight excluding hydrogens is 269 g/mol. The van der Waals surface area contributed by atoms with E-state index in [9.17, 15) is 4.79 Å². The maximum atomic E-state index is 11.1. The van der Waals surface area contributed by atoms with Crippen molar-refractivity contribution in [3.8, 4) is 0 Å². The lowest BCUT2D eigenvalue weighted by atomic mass is 10.1. The van der Waals surface area contributed by atoms with Gasteiger partial charge >= 0.3 is 5.97 Å². The zero-order valence-electron chi connectivity index (χ0n) is 7.46. The van der Waals surface area contributed by atoms with E-state index in [0.717, 1.165) is 4.47 Å². The number of methoxy groups -OCH3 is 1. The van der Waals surface area contributed by atoms with Crippen molar-refractivity contribution in [2.45, 2.75) is 6.04 Å². The quantitative estimate of drug-likeness (QED) is 0.844. The topological polar surface area (TPSA) is 52.3 Å². The highest BCUT2D eigenvalue weighted by molar-refractivity contribution is 9.10. The number of halogens is 2. The van der Waals surface area contributed by atoms with Gasteiger partial charge in [0, 0.05) is 9.50 Å². The van der Waals surface area contributed by atoms with E-state index >= 15 is 0 Å². The van der Waals surface area contributed by atoms with Crippen molar-refractivity contribution >= 4 is 33.5 Å². The molecule has 0 bridgehead atoms. The van der Waals surface area contributed by atoms with Gasteiger partial charge in [0.15, 0.2) is 0 Å². The smallest absolute Gasteiger partial charge is 0.327 e. The van der Waals surface area contributed by atoms with Crippen molar-refractivity contribution in [3.63, 3.8) is 0 Å². The van der Waals surface area contributed by atoms with Crippen molar-refractivity contribution in [2.75, 3.05) is 7.11 Å². The van der Waals surface area contributed by atoms with Gasteiger partial charge in [-0.05, 0) is 17.7 Å². The number of hydrogen-bond acceptors (Lipinski definition) is 3. The van der Waals surface area contributed by atoms with E-state index in [1.54, 1.807) is 18.2 Å². The van der Waals surface area contributed by atoms with Crippen LogP contribution in [0.3, 0.4) is 0 Å². The van der Waals surface area contributed by atoms with Gasteiger partial charge in [-0.2, -0.15) is 0 Å². The Hall–Kier alpha value is -0.580. The Morgan fingerprint density at radius 1 is 1.64 bits per heavy atom. The van der Waals surface area contributed by atoms with Crippen LogP contribution in [-0.4, -0.2) is 13.1 Å². The number of hydrogen-bond donors (Lipinski definition) is 1. The number of ether oxygens (including phenoxy) is 1. The third-order valence-corrected chi connectivity index (χ3v) is 2.57. The van der Waals surface area contributed by atoms with Gasteiger partial charge in [0.2, 0.25) is 0 Å². The van der Waals surface area contributed by atoms with Crippen LogP contribution in [-0.2, 0) is 9.53 Å². The minimum Gasteiger partial charge on any atom is -0.468 e. The molecule has 0 aliphatic rings. The molecule has 1 aromatic carbocycles. The lowest BCUT2D eigenvalue weighted by Gasteiger charge is -2.11. The summed E-state index contributed by atoms with van der Waals surface area (Å²) in [6.45, 7) is 0. The van der Waals surface area contributed by atoms with Gasteiger partial charge in [-0.25, -0.2) is 0 Å². The van der Waals surface area contributed by atoms with E-state index in [4.69, 9.17) is 17.3 Å². The van der Waals surface area contributed by atoms with Gasteiger partial charge in [0.1, 0.15) is 6.04 Å². The standard InChI is InChI=1S/C9H9BrClNO2/c1-14-9(13)8(12)6-3-2-5(10)4-7(6)11/h2-4,8H,12H2,1H3/t8-/m1/s1. The summed E-state index contributed by atoms with van der Waals surface area (Å²) in [7, 11) is 1.29. The monoisotopic (exact) mass is 277 g/mol. The summed E-state index contributed by atoms with van der Waals surface area (Å²) in [6.07, 6.45) is 0. The molecule has 1 atom stereocenters. The molecule has 76 valence electrons. The largest absolute Gasteiger partial charge is 0.468 e. The average molecular weight is 279 g/mol. The van der Waals surface area contributed by atoms with Gasteiger partial charge in [-0.3, -0.25) is 4.79 Å². The molecule has 2 N–H and O–H groups in total. The van der Waals surface area contributed by atoms with Crippen LogP contribution >= 0.6 is 27.5 Å². The normalized spacial score (nSPS) is 12.3. The molecule has 0 saturated heterocycles. The Labute approximate surface area is 95.3 Å². The fourth-order valence-electron chi connectivity index (χ4n) is 1.01. The van der Waals surface area contributed by atoms with Gasteiger partial charge in [0.25, 0.3) is 0 Å². The van der Waals surface area contributed by atoms with Gasteiger partial charge < -0.3 is 10.5 Å². The number of benzene rings is 1. The first-order valence-corrected chi connectivity index (χ1v) is 5.01. The van der Waals surface area contributed by atoms with Crippen LogP contribution in [0, 0.1) is 0 Å². The lowest BCUT2D eigenvalue weighted by Crippen LogP contribution is -2.22. The Bertz CT molecular complexity index is 357. The molecule has 5 heteroatoms. The second-order valence-corrected chi connectivity index (χ2v) is 3.99. The van der Waals surface area contributed by atoms with E-state index in [-0.39, 0.29) is 0 Å². The van der Waals surface area contributed by atoms with E-state index < -0.39 is 12.0 Å². The van der Waals surface area contributed by atoms with Crippen molar-refractivity contribution in [2.24, 2.45) is 5.73 Å². The SMILES string of the molecule is COC(=O)[C@H](N)c1ccc(Br)cc1Cl. The molecule has 0 aromatic heterocycles. The van der Waals surface area contributed by atoms with Crippen LogP contribution in [0.2, 0.25) is 5.02 Å². The zero-order valence-corrected chi connectivity index (χ0v) is 9.80. The first-order valence-electron chi connectivity index (χ1n) is 3.84. The molecular formula is C9H9BrClNO2. The molecule has 0 unspecified atom stereocenters. The summed E-state index contributed by atoms with van der Waals surface area (Å²) >= 11 is 9.17. The molecule has 0 aliphatic heterocycles. The molecule has 0 amide bonds. The molecule has 0 saturated carbocycles. The van der Waals surface area contributed by atoms with Crippen molar-refractivity contribution < 1.29 is 9.53 Å². The van der Waals surface area contributed by atoms with E-state index in [0.29, 0.717) is 10.6 Å². The predicted molar refractivity (Wildman–Crippen MR) is 58.1 cm³/mol. The van der Waals surface area contributed by atoms with Crippen molar-refractivity contribution in [3.05, 3.63) is 33.3 Å². The number of carbonyl (C=O) groups excluding carboxylic acids is 1. The molecule has 14 heavy (non-hydrogen) atoms. The summed E-state index contributed by atoms with van der Waals surface area (Å²) in [6, 6.07) is 4.30. The van der Waals surface area contributed by atoms with Crippen LogP contribution < -0.4 is 5.73 Å². The van der Waals surface area contributed by atoms with Gasteiger partial charge in [-0.1, -0.05) is 33.6 Å². The summed E-state index contributed by atoms with van der Waals surface area (Å²) in [5.41, 5.74) is 6.18. The summed E-state index contributed by atoms with van der Waals surface area (Å²) in [4.78, 5) is 11.1. The van der Waals surface area contributed by atoms with Crippen molar-refractivity contribution in [1.29, 1.82) is 0 Å². The lowest BCUT2D eigenvalue weighted by molar-refractivity contribution is -0.142. The number of esters is 1. The second-order valence-electron chi connectivity index (χ2n) is 2.67. The molecule has 0 spiro atoms. The molecule has 1 aromatic rings. The molecule has 1 rings (SSSR count). The maximum absolute atomic E-state index is 11.1. The Morgan fingerprint density at radius 2 is 2.29 bits per heavy atom. The minimum atomic E-state index is -0.833. The molecule has 0 radical (unpaired) electrons. The van der Waals surface area contributed by atoms with Crippen molar-refractivity contribution in [1.82, 2.24) is 0 Å². The van der Waals surface area contributed by atoms with Gasteiger partial charge in [0.05, 0.1) is 7.11 Å². The highest BCUT2D eigenvalue weighted by atomic mass is 79.9. The predicted octanol–water partition coefficient (Wildman–Crippen LogP) is 2.28. The summed E-state index contributed by atoms with van der Waals surface area (Å²) < 4.78 is 5.35. The molecule has 0 aliphatic carbocycles. The third kappa shape index (κ3) is 2.47. The second kappa shape index (κ2) is 4.77. The maximum Gasteiger partial charge on any atom is 0.327 e. The Morgan fingerprint density at radius 3 is 2.79 bits per heavy atom. The molecule has 0 heterocycles. The minimum absolute atomic E-state index is 0.442. The van der Waals surface area contributed by atoms with Crippen LogP contribution in [0.25, 0.3) is 0 Å². The first kappa shape index (κ1) is 11.5. The first-order chi connectivity index (χ1) is 6.56. The summed E-state index contributed by atoms with van der Waals surface area (Å²) in [5.74, 6) is -0.505. The fraction of sp³-hybridized carbons (Fsp3) is 0.222. The van der Waals surface area contributed by atoms with E-state index in [1.807, 2.05) is 0 Å². The Balaban J connectivity index is 3.01. The van der Waals surface area contributed by atoms with E-state index in [2.05, 4.69) is 20.7 Å². The Kier molecular flexibility index (Phi) is 3.92. The third-order valence-electron chi connectivity index (χ3n) is 1.75. The highest BCUT2D eigenvalue weighted by Gasteiger charge is 2.18. The zero-order chi connectivity index (χ0) is 10.7. The number of nitrogens with two attached hydrogens (primary N) is 1. The molecule has 0 fully saturated rings. The van der Waals surface area contributed by atoms with E-state index in [1.165, 1.54) is 7.11 Å². The van der Waals surface area contributed by atoms with Crippen LogP contribution in [0.5, 0.6) is 0 Å².